The van der Waals surface area contributed by atoms with E-state index in [9.17, 15) is 0 Å². The third-order valence-corrected chi connectivity index (χ3v) is 1.04. The topological polar surface area (TPSA) is 13.1 Å². The van der Waals surface area contributed by atoms with Crippen molar-refractivity contribution in [2.24, 2.45) is 0 Å². The van der Waals surface area contributed by atoms with E-state index in [1.54, 1.807) is 6.26 Å². The van der Waals surface area contributed by atoms with Crippen LogP contribution < -0.4 is 18.9 Å². The maximum atomic E-state index is 4.72. The summed E-state index contributed by atoms with van der Waals surface area (Å²) in [6.45, 7) is 3.97. The first kappa shape index (κ1) is 7.88. The van der Waals surface area contributed by atoms with E-state index in [2.05, 4.69) is 6.26 Å². The van der Waals surface area contributed by atoms with Crippen LogP contribution in [0.2, 0.25) is 0 Å². The molecule has 0 fully saturated rings. The molecule has 1 rings (SSSR count). The Bertz CT molecular complexity index is 141. The van der Waals surface area contributed by atoms with Crippen molar-refractivity contribution >= 4 is 0 Å². The molecule has 1 aromatic rings. The average Bonchev–Trinajstić information content (AvgIpc) is 1.91. The van der Waals surface area contributed by atoms with Crippen LogP contribution in [0.5, 0.6) is 0 Å². The maximum absolute atomic E-state index is 4.72. The molecule has 1 heterocycles. The zero-order chi connectivity index (χ0) is 5.28. The molecule has 0 radical (unpaired) electrons. The Kier molecular flexibility index (Phi) is 2.97. The molecule has 1 aromatic heterocycles. The van der Waals surface area contributed by atoms with Crippen molar-refractivity contribution in [2.45, 2.75) is 13.8 Å². The Morgan fingerprint density at radius 2 is 2.12 bits per heavy atom. The zero-order valence-electron chi connectivity index (χ0n) is 5.49. The van der Waals surface area contributed by atoms with Crippen molar-refractivity contribution in [3.8, 4) is 0 Å². The van der Waals surface area contributed by atoms with Crippen LogP contribution in [0.15, 0.2) is 10.7 Å². The first-order valence-electron chi connectivity index (χ1n) is 2.23. The molecule has 0 amide bonds. The van der Waals surface area contributed by atoms with E-state index in [1.165, 1.54) is 5.56 Å². The van der Waals surface area contributed by atoms with Crippen LogP contribution in [-0.4, -0.2) is 0 Å². The third kappa shape index (κ3) is 1.43. The zero-order valence-corrected chi connectivity index (χ0v) is 5.49. The molecule has 1 nitrogen and oxygen atoms in total. The monoisotopic (exact) mass is 102 g/mol. The van der Waals surface area contributed by atoms with Crippen molar-refractivity contribution < 1.29 is 23.3 Å². The molecule has 2 heteroatoms. The van der Waals surface area contributed by atoms with Crippen LogP contribution in [0.25, 0.3) is 0 Å². The standard InChI is InChI=1S/C6H7O.Li/c1-5-3-7-4-6(5)2;/h3H,1-2H3;/q-1;+1. The van der Waals surface area contributed by atoms with E-state index < -0.39 is 0 Å². The Balaban J connectivity index is 0.000000490. The summed E-state index contributed by atoms with van der Waals surface area (Å²) >= 11 is 0. The second-order valence-electron chi connectivity index (χ2n) is 1.65. The molecule has 8 heavy (non-hydrogen) atoms. The van der Waals surface area contributed by atoms with Crippen molar-refractivity contribution in [2.75, 3.05) is 0 Å². The van der Waals surface area contributed by atoms with Crippen molar-refractivity contribution in [1.29, 1.82) is 0 Å². The molecule has 0 atom stereocenters. The van der Waals surface area contributed by atoms with E-state index in [1.807, 2.05) is 13.8 Å². The number of hydrogen-bond donors (Lipinski definition) is 0. The minimum atomic E-state index is 0. The van der Waals surface area contributed by atoms with Gasteiger partial charge >= 0.3 is 18.9 Å². The van der Waals surface area contributed by atoms with Crippen LogP contribution >= 0.6 is 0 Å². The third-order valence-electron chi connectivity index (χ3n) is 1.04. The minimum absolute atomic E-state index is 0. The van der Waals surface area contributed by atoms with E-state index in [0.29, 0.717) is 0 Å². The van der Waals surface area contributed by atoms with Gasteiger partial charge in [-0.2, -0.15) is 5.56 Å². The summed E-state index contributed by atoms with van der Waals surface area (Å²) < 4.78 is 4.72. The van der Waals surface area contributed by atoms with Gasteiger partial charge < -0.3 is 4.42 Å². The van der Waals surface area contributed by atoms with Crippen LogP contribution in [0.3, 0.4) is 0 Å². The molecular formula is C6H7LiO. The van der Waals surface area contributed by atoms with Gasteiger partial charge in [0.15, 0.2) is 0 Å². The molecule has 0 aliphatic heterocycles. The van der Waals surface area contributed by atoms with Gasteiger partial charge in [0.2, 0.25) is 0 Å². The molecular weight excluding hydrogens is 95.0 g/mol. The average molecular weight is 102 g/mol. The SMILES string of the molecule is Cc1[c-]occ1C.[Li+]. The summed E-state index contributed by atoms with van der Waals surface area (Å²) in [7, 11) is 0. The normalized spacial score (nSPS) is 8.25. The fraction of sp³-hybridized carbons (Fsp3) is 0.333. The van der Waals surface area contributed by atoms with Gasteiger partial charge in [0.25, 0.3) is 0 Å². The maximum Gasteiger partial charge on any atom is 1.00 e. The van der Waals surface area contributed by atoms with Gasteiger partial charge in [-0.3, -0.25) is 0 Å². The van der Waals surface area contributed by atoms with Crippen LogP contribution in [0.1, 0.15) is 11.1 Å². The first-order chi connectivity index (χ1) is 3.30. The predicted molar refractivity (Wildman–Crippen MR) is 27.0 cm³/mol. The molecule has 0 bridgehead atoms. The molecule has 0 spiro atoms. The number of furan rings is 1. The fourth-order valence-electron chi connectivity index (χ4n) is 0.375. The van der Waals surface area contributed by atoms with E-state index in [-0.39, 0.29) is 18.9 Å². The van der Waals surface area contributed by atoms with Gasteiger partial charge in [-0.15, -0.1) is 5.56 Å². The summed E-state index contributed by atoms with van der Waals surface area (Å²) in [6, 6.07) is 0. The second-order valence-corrected chi connectivity index (χ2v) is 1.65. The second kappa shape index (κ2) is 3.01. The van der Waals surface area contributed by atoms with E-state index >= 15 is 0 Å². The minimum Gasteiger partial charge on any atom is -0.598 e. The Morgan fingerprint density at radius 3 is 2.25 bits per heavy atom. The summed E-state index contributed by atoms with van der Waals surface area (Å²) in [6.07, 6.45) is 4.38. The van der Waals surface area contributed by atoms with Gasteiger partial charge in [0.05, 0.1) is 0 Å². The van der Waals surface area contributed by atoms with Crippen LogP contribution in [0, 0.1) is 20.1 Å². The largest absolute Gasteiger partial charge is 1.00 e. The van der Waals surface area contributed by atoms with Crippen molar-refractivity contribution in [1.82, 2.24) is 0 Å². The van der Waals surface area contributed by atoms with E-state index in [0.717, 1.165) is 5.56 Å². The van der Waals surface area contributed by atoms with Gasteiger partial charge in [-0.1, -0.05) is 20.1 Å². The smallest absolute Gasteiger partial charge is 0.598 e. The molecule has 0 aliphatic carbocycles. The Hall–Kier alpha value is -0.123. The quantitative estimate of drug-likeness (QED) is 0.293. The van der Waals surface area contributed by atoms with Gasteiger partial charge in [0, 0.05) is 0 Å². The Morgan fingerprint density at radius 1 is 1.50 bits per heavy atom. The Labute approximate surface area is 61.3 Å². The summed E-state index contributed by atoms with van der Waals surface area (Å²) in [5.74, 6) is 0. The molecule has 0 aliphatic rings. The fourth-order valence-corrected chi connectivity index (χ4v) is 0.375. The molecule has 38 valence electrons. The number of hydrogen-bond acceptors (Lipinski definition) is 1. The first-order valence-corrected chi connectivity index (χ1v) is 2.23. The van der Waals surface area contributed by atoms with Crippen molar-refractivity contribution in [3.05, 3.63) is 23.7 Å². The van der Waals surface area contributed by atoms with Gasteiger partial charge in [0.1, 0.15) is 0 Å². The van der Waals surface area contributed by atoms with Crippen LogP contribution in [0.4, 0.5) is 0 Å². The number of aryl methyl sites for hydroxylation is 2. The summed E-state index contributed by atoms with van der Waals surface area (Å²) in [5, 5.41) is 0. The molecule has 0 unspecified atom stereocenters. The molecule has 0 saturated carbocycles. The predicted octanol–water partition coefficient (Wildman–Crippen LogP) is -1.30. The summed E-state index contributed by atoms with van der Waals surface area (Å²) in [5.41, 5.74) is 2.26. The van der Waals surface area contributed by atoms with E-state index in [4.69, 9.17) is 4.42 Å². The van der Waals surface area contributed by atoms with Gasteiger partial charge in [-0.25, -0.2) is 0 Å². The van der Waals surface area contributed by atoms with Crippen LogP contribution in [-0.2, 0) is 0 Å². The summed E-state index contributed by atoms with van der Waals surface area (Å²) in [4.78, 5) is 0. The van der Waals surface area contributed by atoms with Crippen molar-refractivity contribution in [3.63, 3.8) is 0 Å². The molecule has 0 saturated heterocycles. The number of rotatable bonds is 0. The molecule has 0 N–H and O–H groups in total. The molecule has 0 aromatic carbocycles. The van der Waals surface area contributed by atoms with Gasteiger partial charge in [-0.05, 0) is 6.26 Å².